The molecule has 1 saturated heterocycles. The average Bonchev–Trinajstić information content (AvgIpc) is 2.89. The topological polar surface area (TPSA) is 212 Å². The third-order valence-corrected chi connectivity index (χ3v) is 10.6. The van der Waals surface area contributed by atoms with E-state index in [2.05, 4.69) is 5.32 Å². The van der Waals surface area contributed by atoms with E-state index in [1.807, 2.05) is 0 Å². The summed E-state index contributed by atoms with van der Waals surface area (Å²) in [5.41, 5.74) is -5.97. The number of nitrogens with one attached hydrogen (secondary N) is 1. The van der Waals surface area contributed by atoms with Crippen molar-refractivity contribution in [2.24, 2.45) is 16.7 Å². The third kappa shape index (κ3) is 5.10. The zero-order chi connectivity index (χ0) is 33.3. The van der Waals surface area contributed by atoms with Crippen molar-refractivity contribution in [1.29, 1.82) is 0 Å². The van der Waals surface area contributed by atoms with E-state index in [9.17, 15) is 45.0 Å². The van der Waals surface area contributed by atoms with Crippen molar-refractivity contribution >= 4 is 17.8 Å². The minimum Gasteiger partial charge on any atom is -0.459 e. The highest BCUT2D eigenvalue weighted by Crippen LogP contribution is 2.64. The number of esters is 2. The van der Waals surface area contributed by atoms with E-state index in [-0.39, 0.29) is 24.2 Å². The smallest absolute Gasteiger partial charge is 0.338 e. The van der Waals surface area contributed by atoms with Gasteiger partial charge in [-0.3, -0.25) is 9.59 Å². The molecule has 7 N–H and O–H groups in total. The predicted molar refractivity (Wildman–Crippen MR) is 153 cm³/mol. The molecule has 4 rings (SSSR count). The van der Waals surface area contributed by atoms with Gasteiger partial charge in [-0.15, -0.1) is 0 Å². The van der Waals surface area contributed by atoms with Gasteiger partial charge < -0.3 is 50.2 Å². The van der Waals surface area contributed by atoms with Crippen LogP contribution in [0.1, 0.15) is 68.2 Å². The van der Waals surface area contributed by atoms with Crippen LogP contribution in [0.5, 0.6) is 0 Å². The lowest BCUT2D eigenvalue weighted by molar-refractivity contribution is -0.365. The minimum atomic E-state index is -2.15. The molecule has 44 heavy (non-hydrogen) atoms. The van der Waals surface area contributed by atoms with Crippen LogP contribution in [-0.4, -0.2) is 115 Å². The van der Waals surface area contributed by atoms with E-state index in [0.29, 0.717) is 5.57 Å². The number of aliphatic hydroxyl groups excluding tert-OH is 4. The van der Waals surface area contributed by atoms with Gasteiger partial charge in [0, 0.05) is 43.4 Å². The molecule has 0 aromatic carbocycles. The first-order chi connectivity index (χ1) is 20.1. The molecule has 2 bridgehead atoms. The van der Waals surface area contributed by atoms with Crippen LogP contribution in [0.25, 0.3) is 0 Å². The van der Waals surface area contributed by atoms with Crippen molar-refractivity contribution in [3.8, 4) is 0 Å². The molecule has 3 aliphatic carbocycles. The molecule has 12 atom stereocenters. The number of ether oxygens (including phenoxy) is 3. The van der Waals surface area contributed by atoms with Crippen molar-refractivity contribution < 1.29 is 59.2 Å². The maximum atomic E-state index is 13.3. The highest BCUT2D eigenvalue weighted by Gasteiger charge is 2.76. The van der Waals surface area contributed by atoms with Gasteiger partial charge in [-0.05, 0) is 31.9 Å². The molecular weight excluding hydrogens is 578 g/mol. The fourth-order valence-corrected chi connectivity index (χ4v) is 8.18. The monoisotopic (exact) mass is 625 g/mol. The molecule has 1 unspecified atom stereocenters. The molecule has 4 aliphatic rings. The van der Waals surface area contributed by atoms with E-state index in [1.54, 1.807) is 34.6 Å². The molecule has 13 heteroatoms. The van der Waals surface area contributed by atoms with Gasteiger partial charge in [0.15, 0.2) is 6.10 Å². The van der Waals surface area contributed by atoms with Gasteiger partial charge >= 0.3 is 11.9 Å². The number of hydrogen-bond acceptors (Lipinski definition) is 12. The van der Waals surface area contributed by atoms with Crippen LogP contribution in [0.15, 0.2) is 22.8 Å². The van der Waals surface area contributed by atoms with Gasteiger partial charge in [0.1, 0.15) is 29.5 Å². The van der Waals surface area contributed by atoms with Gasteiger partial charge in [-0.1, -0.05) is 32.4 Å². The molecule has 1 aliphatic heterocycles. The quantitative estimate of drug-likeness (QED) is 0.146. The van der Waals surface area contributed by atoms with Gasteiger partial charge in [0.25, 0.3) is 0 Å². The summed E-state index contributed by atoms with van der Waals surface area (Å²) >= 11 is 0. The standard InChI is InChI=1S/C31H47NO12/c1-13(2)9-17(32-15(4)33)22(36)27(39)44-18-11-31(41)26(43-16(5)34)24-29(8,19(35)10-20-30(24,40)12-42-20)25(38)23(37)21(14(18)3)28(31,6)7/h9,17-20,22-26,35-38,40-41H,10-12H2,1-8H3,(H,32,33)/t17-,18?,19-,20+,22+,23+,24-,25+,26-,29+,30-,31+/m0/s1. The first kappa shape index (κ1) is 34.5. The summed E-state index contributed by atoms with van der Waals surface area (Å²) in [6.07, 6.45) is -9.38. The largest absolute Gasteiger partial charge is 0.459 e. The molecule has 248 valence electrons. The first-order valence-corrected chi connectivity index (χ1v) is 14.9. The molecule has 3 fully saturated rings. The SMILES string of the molecule is CC(=O)N[C@@H](C=C(C)C)[C@@H](O)C(=O)OC1C[C@@]2(O)[C@@H](OC(C)=O)[C@@H]3[C@]4(O)CO[C@@H]4C[C@H](O)[C@@]3(C)[C@H](O)[C@H](O)C(=C1C)C2(C)C. The van der Waals surface area contributed by atoms with Gasteiger partial charge in [0.05, 0.1) is 31.0 Å². The lowest BCUT2D eigenvalue weighted by atomic mass is 9.44. The number of carbonyl (C=O) groups is 3. The number of fused-ring (bicyclic) bond motifs is 5. The number of rotatable bonds is 6. The van der Waals surface area contributed by atoms with Gasteiger partial charge in [-0.25, -0.2) is 4.79 Å². The summed E-state index contributed by atoms with van der Waals surface area (Å²) in [4.78, 5) is 37.7. The Kier molecular flexibility index (Phi) is 8.97. The van der Waals surface area contributed by atoms with Gasteiger partial charge in [0.2, 0.25) is 5.91 Å². The van der Waals surface area contributed by atoms with Crippen LogP contribution in [0.2, 0.25) is 0 Å². The Balaban J connectivity index is 1.88. The van der Waals surface area contributed by atoms with E-state index in [4.69, 9.17) is 14.2 Å². The van der Waals surface area contributed by atoms with E-state index in [0.717, 1.165) is 6.92 Å². The highest BCUT2D eigenvalue weighted by molar-refractivity contribution is 5.79. The summed E-state index contributed by atoms with van der Waals surface area (Å²) < 4.78 is 17.1. The van der Waals surface area contributed by atoms with Crippen LogP contribution in [0.3, 0.4) is 0 Å². The second kappa shape index (κ2) is 11.4. The summed E-state index contributed by atoms with van der Waals surface area (Å²) in [5.74, 6) is -3.77. The Morgan fingerprint density at radius 3 is 2.16 bits per heavy atom. The highest BCUT2D eigenvalue weighted by atomic mass is 16.6. The lowest BCUT2D eigenvalue weighted by Crippen LogP contribution is -2.81. The van der Waals surface area contributed by atoms with Gasteiger partial charge in [-0.2, -0.15) is 0 Å². The van der Waals surface area contributed by atoms with Crippen molar-refractivity contribution in [2.75, 3.05) is 6.61 Å². The van der Waals surface area contributed by atoms with Crippen molar-refractivity contribution in [3.05, 3.63) is 22.8 Å². The molecule has 0 spiro atoms. The molecular formula is C31H47NO12. The second-order valence-electron chi connectivity index (χ2n) is 14.0. The number of hydrogen-bond donors (Lipinski definition) is 7. The van der Waals surface area contributed by atoms with Crippen molar-refractivity contribution in [1.82, 2.24) is 5.32 Å². The molecule has 1 amide bonds. The Labute approximate surface area is 256 Å². The third-order valence-electron chi connectivity index (χ3n) is 10.6. The zero-order valence-electron chi connectivity index (χ0n) is 26.5. The Hall–Kier alpha value is -2.39. The maximum Gasteiger partial charge on any atom is 0.338 e. The maximum absolute atomic E-state index is 13.3. The lowest BCUT2D eigenvalue weighted by Gasteiger charge is -2.68. The second-order valence-corrected chi connectivity index (χ2v) is 14.0. The Morgan fingerprint density at radius 1 is 1.05 bits per heavy atom. The zero-order valence-corrected chi connectivity index (χ0v) is 26.5. The molecule has 0 radical (unpaired) electrons. The Bertz CT molecular complexity index is 1260. The Morgan fingerprint density at radius 2 is 1.66 bits per heavy atom. The van der Waals surface area contributed by atoms with Crippen LogP contribution in [0, 0.1) is 16.7 Å². The number of amides is 1. The molecule has 0 aromatic heterocycles. The van der Waals surface area contributed by atoms with E-state index >= 15 is 0 Å². The summed E-state index contributed by atoms with van der Waals surface area (Å²) in [7, 11) is 0. The van der Waals surface area contributed by atoms with E-state index in [1.165, 1.54) is 19.9 Å². The fourth-order valence-electron chi connectivity index (χ4n) is 8.18. The van der Waals surface area contributed by atoms with Crippen molar-refractivity contribution in [3.63, 3.8) is 0 Å². The number of carbonyl (C=O) groups excluding carboxylic acids is 3. The molecule has 0 aromatic rings. The normalized spacial score (nSPS) is 42.2. The van der Waals surface area contributed by atoms with Crippen molar-refractivity contribution in [2.45, 2.75) is 128 Å². The average molecular weight is 626 g/mol. The van der Waals surface area contributed by atoms with Crippen LogP contribution in [0.4, 0.5) is 0 Å². The predicted octanol–water partition coefficient (Wildman–Crippen LogP) is -0.608. The van der Waals surface area contributed by atoms with Crippen LogP contribution >= 0.6 is 0 Å². The molecule has 1 heterocycles. The van der Waals surface area contributed by atoms with E-state index < -0.39 is 101 Å². The fraction of sp³-hybridized carbons (Fsp3) is 0.774. The molecule has 2 saturated carbocycles. The summed E-state index contributed by atoms with van der Waals surface area (Å²) in [6, 6.07) is -1.12. The number of aliphatic hydroxyl groups is 6. The number of allylic oxidation sites excluding steroid dienone is 1. The first-order valence-electron chi connectivity index (χ1n) is 14.9. The minimum absolute atomic E-state index is 0.0702. The van der Waals surface area contributed by atoms with Crippen LogP contribution < -0.4 is 5.32 Å². The molecule has 13 nitrogen and oxygen atoms in total. The van der Waals surface area contributed by atoms with Crippen LogP contribution in [-0.2, 0) is 28.6 Å². The summed E-state index contributed by atoms with van der Waals surface area (Å²) in [5, 5.41) is 73.1. The summed E-state index contributed by atoms with van der Waals surface area (Å²) in [6.45, 7) is 11.8.